The SMILES string of the molecule is CC(C)C(=O)N1CCN(C(=O)CCc2cc3ccc(F)cc3c(=O)[nH]2)CC1. The fourth-order valence-electron chi connectivity index (χ4n) is 3.36. The van der Waals surface area contributed by atoms with Gasteiger partial charge < -0.3 is 14.8 Å². The number of amides is 2. The third-order valence-electron chi connectivity index (χ3n) is 4.91. The number of aryl methyl sites for hydroxylation is 1. The molecule has 1 saturated heterocycles. The van der Waals surface area contributed by atoms with E-state index in [-0.39, 0.29) is 29.7 Å². The molecular weight excluding hydrogens is 349 g/mol. The number of piperazine rings is 1. The molecular formula is C20H24FN3O3. The van der Waals surface area contributed by atoms with E-state index in [4.69, 9.17) is 0 Å². The Kier molecular flexibility index (Phi) is 5.58. The second-order valence-corrected chi connectivity index (χ2v) is 7.22. The number of hydrogen-bond acceptors (Lipinski definition) is 3. The zero-order chi connectivity index (χ0) is 19.6. The van der Waals surface area contributed by atoms with E-state index in [2.05, 4.69) is 4.98 Å². The molecule has 1 aromatic heterocycles. The lowest BCUT2D eigenvalue weighted by Crippen LogP contribution is -2.51. The average molecular weight is 373 g/mol. The van der Waals surface area contributed by atoms with Crippen LogP contribution in [0.25, 0.3) is 10.8 Å². The van der Waals surface area contributed by atoms with Gasteiger partial charge in [0.25, 0.3) is 5.56 Å². The molecule has 2 amide bonds. The van der Waals surface area contributed by atoms with Crippen LogP contribution >= 0.6 is 0 Å². The molecule has 0 atom stereocenters. The number of pyridine rings is 1. The minimum absolute atomic E-state index is 0.00620. The first-order chi connectivity index (χ1) is 12.8. The number of carbonyl (C=O) groups excluding carboxylic acids is 2. The van der Waals surface area contributed by atoms with Gasteiger partial charge in [0.05, 0.1) is 0 Å². The van der Waals surface area contributed by atoms with Crippen LogP contribution in [0.5, 0.6) is 0 Å². The van der Waals surface area contributed by atoms with Crippen LogP contribution < -0.4 is 5.56 Å². The molecule has 1 aliphatic heterocycles. The van der Waals surface area contributed by atoms with Gasteiger partial charge in [-0.05, 0) is 30.0 Å². The Balaban J connectivity index is 1.58. The highest BCUT2D eigenvalue weighted by molar-refractivity contribution is 5.82. The van der Waals surface area contributed by atoms with Crippen LogP contribution in [0.15, 0.2) is 29.1 Å². The van der Waals surface area contributed by atoms with Crippen molar-refractivity contribution in [2.24, 2.45) is 5.92 Å². The van der Waals surface area contributed by atoms with Crippen LogP contribution in [0.4, 0.5) is 4.39 Å². The molecule has 0 unspecified atom stereocenters. The van der Waals surface area contributed by atoms with Crippen LogP contribution in [-0.4, -0.2) is 52.8 Å². The summed E-state index contributed by atoms with van der Waals surface area (Å²) in [5, 5.41) is 0.958. The number of benzene rings is 1. The number of aromatic nitrogens is 1. The minimum atomic E-state index is -0.453. The predicted molar refractivity (Wildman–Crippen MR) is 101 cm³/mol. The molecule has 1 N–H and O–H groups in total. The van der Waals surface area contributed by atoms with Gasteiger partial charge in [0.2, 0.25) is 11.8 Å². The summed E-state index contributed by atoms with van der Waals surface area (Å²) in [6.45, 7) is 5.93. The monoisotopic (exact) mass is 373 g/mol. The molecule has 1 fully saturated rings. The van der Waals surface area contributed by atoms with Crippen LogP contribution in [0.3, 0.4) is 0 Å². The Morgan fingerprint density at radius 1 is 1.11 bits per heavy atom. The van der Waals surface area contributed by atoms with E-state index in [0.29, 0.717) is 49.1 Å². The van der Waals surface area contributed by atoms with Gasteiger partial charge in [0.1, 0.15) is 5.82 Å². The summed E-state index contributed by atoms with van der Waals surface area (Å²) < 4.78 is 13.3. The molecule has 0 bridgehead atoms. The molecule has 1 aromatic carbocycles. The van der Waals surface area contributed by atoms with Crippen LogP contribution in [0.1, 0.15) is 26.0 Å². The Morgan fingerprint density at radius 3 is 2.44 bits per heavy atom. The maximum atomic E-state index is 13.3. The molecule has 0 aliphatic carbocycles. The van der Waals surface area contributed by atoms with Gasteiger partial charge in [-0.15, -0.1) is 0 Å². The summed E-state index contributed by atoms with van der Waals surface area (Å²) in [6.07, 6.45) is 0.688. The molecule has 2 heterocycles. The predicted octanol–water partition coefficient (Wildman–Crippen LogP) is 1.93. The van der Waals surface area contributed by atoms with Crippen molar-refractivity contribution in [1.29, 1.82) is 0 Å². The molecule has 144 valence electrons. The summed E-state index contributed by atoms with van der Waals surface area (Å²) in [5.74, 6) is -0.365. The van der Waals surface area contributed by atoms with Crippen molar-refractivity contribution in [3.63, 3.8) is 0 Å². The number of fused-ring (bicyclic) bond motifs is 1. The first-order valence-electron chi connectivity index (χ1n) is 9.23. The zero-order valence-electron chi connectivity index (χ0n) is 15.6. The number of carbonyl (C=O) groups is 2. The summed E-state index contributed by atoms with van der Waals surface area (Å²) in [5.41, 5.74) is 0.302. The maximum absolute atomic E-state index is 13.3. The lowest BCUT2D eigenvalue weighted by atomic mass is 10.1. The van der Waals surface area contributed by atoms with Crippen molar-refractivity contribution in [3.8, 4) is 0 Å². The molecule has 0 spiro atoms. The van der Waals surface area contributed by atoms with Gasteiger partial charge in [-0.2, -0.15) is 0 Å². The van der Waals surface area contributed by atoms with Gasteiger partial charge in [0, 0.05) is 49.6 Å². The van der Waals surface area contributed by atoms with E-state index in [0.717, 1.165) is 0 Å². The Labute approximate surface area is 157 Å². The van der Waals surface area contributed by atoms with E-state index >= 15 is 0 Å². The first-order valence-corrected chi connectivity index (χ1v) is 9.23. The number of halogens is 1. The van der Waals surface area contributed by atoms with Crippen LogP contribution in [-0.2, 0) is 16.0 Å². The minimum Gasteiger partial charge on any atom is -0.339 e. The third-order valence-corrected chi connectivity index (χ3v) is 4.91. The van der Waals surface area contributed by atoms with Crippen molar-refractivity contribution in [2.75, 3.05) is 26.2 Å². The summed E-state index contributed by atoms with van der Waals surface area (Å²) in [6, 6.07) is 5.87. The highest BCUT2D eigenvalue weighted by atomic mass is 19.1. The summed E-state index contributed by atoms with van der Waals surface area (Å²) in [4.78, 5) is 42.9. The van der Waals surface area contributed by atoms with Gasteiger partial charge >= 0.3 is 0 Å². The molecule has 27 heavy (non-hydrogen) atoms. The second-order valence-electron chi connectivity index (χ2n) is 7.22. The number of nitrogens with one attached hydrogen (secondary N) is 1. The van der Waals surface area contributed by atoms with E-state index in [9.17, 15) is 18.8 Å². The lowest BCUT2D eigenvalue weighted by molar-refractivity contribution is -0.141. The van der Waals surface area contributed by atoms with E-state index in [1.54, 1.807) is 21.9 Å². The van der Waals surface area contributed by atoms with Gasteiger partial charge in [-0.25, -0.2) is 4.39 Å². The fraction of sp³-hybridized carbons (Fsp3) is 0.450. The van der Waals surface area contributed by atoms with Gasteiger partial charge in [0.15, 0.2) is 0 Å². The summed E-state index contributed by atoms with van der Waals surface area (Å²) >= 11 is 0. The summed E-state index contributed by atoms with van der Waals surface area (Å²) in [7, 11) is 0. The van der Waals surface area contributed by atoms with E-state index in [1.807, 2.05) is 13.8 Å². The molecule has 0 saturated carbocycles. The standard InChI is InChI=1S/C20H24FN3O3/c1-13(2)20(27)24-9-7-23(8-10-24)18(25)6-5-16-11-14-3-4-15(21)12-17(14)19(26)22-16/h3-4,11-13H,5-10H2,1-2H3,(H,22,26). The van der Waals surface area contributed by atoms with E-state index < -0.39 is 5.82 Å². The molecule has 3 rings (SSSR count). The maximum Gasteiger partial charge on any atom is 0.256 e. The number of nitrogens with zero attached hydrogens (tertiary/aromatic N) is 2. The molecule has 7 heteroatoms. The normalized spacial score (nSPS) is 14.8. The Bertz CT molecular complexity index is 914. The highest BCUT2D eigenvalue weighted by Crippen LogP contribution is 2.14. The van der Waals surface area contributed by atoms with Crippen molar-refractivity contribution < 1.29 is 14.0 Å². The molecule has 0 radical (unpaired) electrons. The van der Waals surface area contributed by atoms with E-state index in [1.165, 1.54) is 12.1 Å². The van der Waals surface area contributed by atoms with Crippen LogP contribution in [0.2, 0.25) is 0 Å². The Hall–Kier alpha value is -2.70. The molecule has 2 aromatic rings. The van der Waals surface area contributed by atoms with Gasteiger partial charge in [-0.3, -0.25) is 14.4 Å². The second kappa shape index (κ2) is 7.90. The average Bonchev–Trinajstić information content (AvgIpc) is 2.66. The third kappa shape index (κ3) is 4.35. The smallest absolute Gasteiger partial charge is 0.256 e. The van der Waals surface area contributed by atoms with Gasteiger partial charge in [-0.1, -0.05) is 19.9 Å². The Morgan fingerprint density at radius 2 is 1.78 bits per heavy atom. The van der Waals surface area contributed by atoms with Crippen LogP contribution in [0, 0.1) is 11.7 Å². The van der Waals surface area contributed by atoms with Crippen molar-refractivity contribution in [2.45, 2.75) is 26.7 Å². The highest BCUT2D eigenvalue weighted by Gasteiger charge is 2.25. The number of hydrogen-bond donors (Lipinski definition) is 1. The zero-order valence-corrected chi connectivity index (χ0v) is 15.6. The molecule has 1 aliphatic rings. The quantitative estimate of drug-likeness (QED) is 0.890. The van der Waals surface area contributed by atoms with Crippen molar-refractivity contribution >= 4 is 22.6 Å². The molecule has 6 nitrogen and oxygen atoms in total. The fourth-order valence-corrected chi connectivity index (χ4v) is 3.36. The number of aromatic amines is 1. The van der Waals surface area contributed by atoms with Crippen molar-refractivity contribution in [1.82, 2.24) is 14.8 Å². The number of H-pyrrole nitrogens is 1. The van der Waals surface area contributed by atoms with Crippen molar-refractivity contribution in [3.05, 3.63) is 46.1 Å². The first kappa shape index (κ1) is 19.1. The topological polar surface area (TPSA) is 73.5 Å². The largest absolute Gasteiger partial charge is 0.339 e. The lowest BCUT2D eigenvalue weighted by Gasteiger charge is -2.35. The number of rotatable bonds is 4.